The molecule has 1 fully saturated rings. The van der Waals surface area contributed by atoms with Crippen molar-refractivity contribution in [3.63, 3.8) is 0 Å². The van der Waals surface area contributed by atoms with Crippen LogP contribution in [-0.4, -0.2) is 57.0 Å². The number of anilines is 1. The maximum Gasteiger partial charge on any atom is 0.241 e. The number of aliphatic imine (C=N–C) groups is 1. The molecular weight excluding hydrogens is 321 g/mol. The fraction of sp³-hybridized carbons (Fsp3) is 0.556. The highest BCUT2D eigenvalue weighted by atomic mass is 19.1. The maximum absolute atomic E-state index is 14.0. The molecule has 25 heavy (non-hydrogen) atoms. The molecule has 0 unspecified atom stereocenters. The number of amides is 1. The largest absolute Gasteiger partial charge is 0.375 e. The summed E-state index contributed by atoms with van der Waals surface area (Å²) in [5, 5.41) is 6.17. The van der Waals surface area contributed by atoms with Crippen LogP contribution in [0.2, 0.25) is 0 Å². The quantitative estimate of drug-likeness (QED) is 0.605. The second-order valence-corrected chi connectivity index (χ2v) is 6.32. The topological polar surface area (TPSA) is 60.0 Å². The number of hydrogen-bond acceptors (Lipinski definition) is 3. The van der Waals surface area contributed by atoms with E-state index in [0.717, 1.165) is 31.5 Å². The number of benzene rings is 1. The highest BCUT2D eigenvalue weighted by molar-refractivity contribution is 5.86. The lowest BCUT2D eigenvalue weighted by atomic mass is 10.2. The van der Waals surface area contributed by atoms with Crippen LogP contribution in [0.3, 0.4) is 0 Å². The van der Waals surface area contributed by atoms with Crippen molar-refractivity contribution in [2.24, 2.45) is 4.99 Å². The van der Waals surface area contributed by atoms with Gasteiger partial charge in [0.2, 0.25) is 5.91 Å². The number of carbonyl (C=O) groups is 1. The highest BCUT2D eigenvalue weighted by Gasteiger charge is 2.17. The molecule has 2 N–H and O–H groups in total. The van der Waals surface area contributed by atoms with Crippen molar-refractivity contribution in [3.8, 4) is 0 Å². The summed E-state index contributed by atoms with van der Waals surface area (Å²) in [5.74, 6) is 0.386. The molecule has 1 saturated heterocycles. The lowest BCUT2D eigenvalue weighted by molar-refractivity contribution is -0.128. The molecule has 1 aliphatic heterocycles. The van der Waals surface area contributed by atoms with Crippen LogP contribution in [0, 0.1) is 5.82 Å². The Kier molecular flexibility index (Phi) is 7.03. The van der Waals surface area contributed by atoms with E-state index in [9.17, 15) is 9.18 Å². The van der Waals surface area contributed by atoms with Gasteiger partial charge in [-0.2, -0.15) is 0 Å². The third kappa shape index (κ3) is 5.62. The predicted molar refractivity (Wildman–Crippen MR) is 99.4 cm³/mol. The molecule has 0 saturated carbocycles. The fourth-order valence-electron chi connectivity index (χ4n) is 2.76. The molecule has 7 heteroatoms. The normalized spacial score (nSPS) is 14.6. The van der Waals surface area contributed by atoms with E-state index in [-0.39, 0.29) is 18.3 Å². The van der Waals surface area contributed by atoms with Gasteiger partial charge in [0.05, 0.1) is 18.8 Å². The summed E-state index contributed by atoms with van der Waals surface area (Å²) in [4.78, 5) is 20.1. The molecular formula is C18H28FN5O. The fourth-order valence-corrected chi connectivity index (χ4v) is 2.76. The summed E-state index contributed by atoms with van der Waals surface area (Å²) in [6.45, 7) is 4.90. The Bertz CT molecular complexity index is 611. The van der Waals surface area contributed by atoms with Crippen molar-refractivity contribution >= 4 is 17.6 Å². The third-order valence-electron chi connectivity index (χ3n) is 4.12. The maximum atomic E-state index is 14.0. The zero-order chi connectivity index (χ0) is 18.2. The van der Waals surface area contributed by atoms with Gasteiger partial charge in [-0.05, 0) is 37.5 Å². The van der Waals surface area contributed by atoms with Gasteiger partial charge < -0.3 is 20.4 Å². The summed E-state index contributed by atoms with van der Waals surface area (Å²) in [6, 6.07) is 5.11. The smallest absolute Gasteiger partial charge is 0.241 e. The number of guanidine groups is 1. The molecule has 2 rings (SSSR count). The Balaban J connectivity index is 1.94. The van der Waals surface area contributed by atoms with Gasteiger partial charge >= 0.3 is 0 Å². The standard InChI is InChI=1S/C18H28FN5O/c1-4-20-18(22-13-17(25)24-9-5-6-10-24)21-12-14-7-8-16(23(2)3)15(19)11-14/h7-8,11H,4-6,9-10,12-13H2,1-3H3,(H2,20,21,22). The summed E-state index contributed by atoms with van der Waals surface area (Å²) in [6.07, 6.45) is 2.16. The van der Waals surface area contributed by atoms with E-state index in [4.69, 9.17) is 0 Å². The highest BCUT2D eigenvalue weighted by Crippen LogP contribution is 2.18. The van der Waals surface area contributed by atoms with E-state index in [1.807, 2.05) is 17.9 Å². The van der Waals surface area contributed by atoms with Crippen molar-refractivity contribution in [2.75, 3.05) is 45.2 Å². The zero-order valence-corrected chi connectivity index (χ0v) is 15.3. The molecule has 138 valence electrons. The first-order chi connectivity index (χ1) is 12.0. The van der Waals surface area contributed by atoms with Gasteiger partial charge in [0.25, 0.3) is 0 Å². The van der Waals surface area contributed by atoms with Gasteiger partial charge in [-0.1, -0.05) is 6.07 Å². The number of carbonyl (C=O) groups excluding carboxylic acids is 1. The first kappa shape index (κ1) is 19.0. The van der Waals surface area contributed by atoms with E-state index in [2.05, 4.69) is 15.6 Å². The second-order valence-electron chi connectivity index (χ2n) is 6.32. The molecule has 6 nitrogen and oxygen atoms in total. The Morgan fingerprint density at radius 2 is 2.00 bits per heavy atom. The van der Waals surface area contributed by atoms with Crippen LogP contribution in [0.1, 0.15) is 25.3 Å². The van der Waals surface area contributed by atoms with E-state index < -0.39 is 0 Å². The summed E-state index contributed by atoms with van der Waals surface area (Å²) in [7, 11) is 3.61. The molecule has 0 aliphatic carbocycles. The average Bonchev–Trinajstić information content (AvgIpc) is 3.11. The van der Waals surface area contributed by atoms with Crippen molar-refractivity contribution in [1.29, 1.82) is 0 Å². The van der Waals surface area contributed by atoms with Crippen molar-refractivity contribution in [3.05, 3.63) is 29.6 Å². The molecule has 1 aromatic carbocycles. The van der Waals surface area contributed by atoms with Crippen LogP contribution in [-0.2, 0) is 11.3 Å². The van der Waals surface area contributed by atoms with Gasteiger partial charge in [-0.25, -0.2) is 9.38 Å². The van der Waals surface area contributed by atoms with Crippen LogP contribution >= 0.6 is 0 Å². The van der Waals surface area contributed by atoms with E-state index >= 15 is 0 Å². The number of halogens is 1. The van der Waals surface area contributed by atoms with E-state index in [1.165, 1.54) is 6.07 Å². The van der Waals surface area contributed by atoms with Crippen LogP contribution in [0.15, 0.2) is 23.2 Å². The number of nitrogens with zero attached hydrogens (tertiary/aromatic N) is 3. The Labute approximate surface area is 149 Å². The SMILES string of the molecule is CCNC(=NCc1ccc(N(C)C)c(F)c1)NCC(=O)N1CCCC1. The predicted octanol–water partition coefficient (Wildman–Crippen LogP) is 1.57. The van der Waals surface area contributed by atoms with Gasteiger partial charge in [0.15, 0.2) is 5.96 Å². The third-order valence-corrected chi connectivity index (χ3v) is 4.12. The van der Waals surface area contributed by atoms with Gasteiger partial charge in [-0.3, -0.25) is 4.79 Å². The number of likely N-dealkylation sites (tertiary alicyclic amines) is 1. The van der Waals surface area contributed by atoms with Crippen molar-refractivity contribution in [2.45, 2.75) is 26.3 Å². The first-order valence-corrected chi connectivity index (χ1v) is 8.77. The summed E-state index contributed by atoms with van der Waals surface area (Å²) in [5.41, 5.74) is 1.33. The minimum Gasteiger partial charge on any atom is -0.375 e. The average molecular weight is 349 g/mol. The van der Waals surface area contributed by atoms with Crippen LogP contribution in [0.5, 0.6) is 0 Å². The molecule has 1 amide bonds. The molecule has 0 radical (unpaired) electrons. The van der Waals surface area contributed by atoms with Crippen LogP contribution in [0.25, 0.3) is 0 Å². The molecule has 0 atom stereocenters. The molecule has 0 bridgehead atoms. The Morgan fingerprint density at radius 1 is 1.28 bits per heavy atom. The van der Waals surface area contributed by atoms with Gasteiger partial charge in [-0.15, -0.1) is 0 Å². The minimum atomic E-state index is -0.264. The van der Waals surface area contributed by atoms with Crippen molar-refractivity contribution < 1.29 is 9.18 Å². The minimum absolute atomic E-state index is 0.0875. The van der Waals surface area contributed by atoms with Gasteiger partial charge in [0.1, 0.15) is 5.82 Å². The first-order valence-electron chi connectivity index (χ1n) is 8.77. The van der Waals surface area contributed by atoms with Crippen LogP contribution < -0.4 is 15.5 Å². The Morgan fingerprint density at radius 3 is 2.60 bits per heavy atom. The lowest BCUT2D eigenvalue weighted by Crippen LogP contribution is -2.44. The monoisotopic (exact) mass is 349 g/mol. The van der Waals surface area contributed by atoms with Gasteiger partial charge in [0, 0.05) is 33.7 Å². The summed E-state index contributed by atoms with van der Waals surface area (Å²) < 4.78 is 14.0. The molecule has 1 aliphatic rings. The summed E-state index contributed by atoms with van der Waals surface area (Å²) >= 11 is 0. The Hall–Kier alpha value is -2.31. The van der Waals surface area contributed by atoms with E-state index in [0.29, 0.717) is 24.7 Å². The van der Waals surface area contributed by atoms with Crippen LogP contribution in [0.4, 0.5) is 10.1 Å². The number of hydrogen-bond donors (Lipinski definition) is 2. The number of nitrogens with one attached hydrogen (secondary N) is 2. The lowest BCUT2D eigenvalue weighted by Gasteiger charge is -2.17. The number of rotatable bonds is 6. The molecule has 0 aromatic heterocycles. The van der Waals surface area contributed by atoms with E-state index in [1.54, 1.807) is 25.1 Å². The molecule has 0 spiro atoms. The molecule has 1 aromatic rings. The second kappa shape index (κ2) is 9.25. The van der Waals surface area contributed by atoms with Crippen molar-refractivity contribution in [1.82, 2.24) is 15.5 Å². The molecule has 1 heterocycles. The zero-order valence-electron chi connectivity index (χ0n) is 15.3.